The van der Waals surface area contributed by atoms with E-state index in [0.717, 1.165) is 96.3 Å². The number of carbonyl (C=O) groups excluding carboxylic acids is 3. The fraction of sp³-hybridized carbons (Fsp3) is 0.754. The van der Waals surface area contributed by atoms with Crippen molar-refractivity contribution < 1.29 is 28.6 Å². The molecule has 1 atom stereocenters. The van der Waals surface area contributed by atoms with Gasteiger partial charge in [0.15, 0.2) is 6.10 Å². The minimum Gasteiger partial charge on any atom is -0.462 e. The van der Waals surface area contributed by atoms with Crippen molar-refractivity contribution in [1.29, 1.82) is 0 Å². The van der Waals surface area contributed by atoms with Gasteiger partial charge in [0.05, 0.1) is 0 Å². The predicted octanol–water partition coefficient (Wildman–Crippen LogP) is 19.0. The number of rotatable bonds is 51. The van der Waals surface area contributed by atoms with Gasteiger partial charge in [0.2, 0.25) is 0 Å². The van der Waals surface area contributed by atoms with Crippen LogP contribution in [0.15, 0.2) is 72.9 Å². The maximum Gasteiger partial charge on any atom is 0.306 e. The molecule has 6 heteroatoms. The molecule has 386 valence electrons. The first-order valence-electron chi connectivity index (χ1n) is 28.4. The third-order valence-corrected chi connectivity index (χ3v) is 12.2. The zero-order valence-corrected chi connectivity index (χ0v) is 44.2. The summed E-state index contributed by atoms with van der Waals surface area (Å²) in [5.74, 6) is -0.916. The zero-order chi connectivity index (χ0) is 48.6. The molecule has 0 aromatic rings. The maximum atomic E-state index is 12.9. The van der Waals surface area contributed by atoms with E-state index in [9.17, 15) is 14.4 Å². The Morgan fingerprint density at radius 2 is 0.537 bits per heavy atom. The molecule has 0 aliphatic rings. The van der Waals surface area contributed by atoms with Crippen molar-refractivity contribution in [2.75, 3.05) is 13.2 Å². The minimum absolute atomic E-state index is 0.0884. The summed E-state index contributed by atoms with van der Waals surface area (Å²) in [5.41, 5.74) is 0. The Hall–Kier alpha value is -3.15. The van der Waals surface area contributed by atoms with E-state index >= 15 is 0 Å². The maximum absolute atomic E-state index is 12.9. The van der Waals surface area contributed by atoms with Gasteiger partial charge in [0, 0.05) is 19.3 Å². The topological polar surface area (TPSA) is 78.9 Å². The quantitative estimate of drug-likeness (QED) is 0.0262. The van der Waals surface area contributed by atoms with Gasteiger partial charge in [-0.2, -0.15) is 0 Å². The molecule has 67 heavy (non-hydrogen) atoms. The molecule has 0 saturated heterocycles. The van der Waals surface area contributed by atoms with Crippen LogP contribution in [0.1, 0.15) is 278 Å². The van der Waals surface area contributed by atoms with Crippen LogP contribution < -0.4 is 0 Å². The average molecular weight is 936 g/mol. The number of ether oxygens (including phenoxy) is 3. The van der Waals surface area contributed by atoms with Gasteiger partial charge >= 0.3 is 17.9 Å². The average Bonchev–Trinajstić information content (AvgIpc) is 3.33. The van der Waals surface area contributed by atoms with Crippen LogP contribution in [0, 0.1) is 0 Å². The fourth-order valence-electron chi connectivity index (χ4n) is 7.83. The van der Waals surface area contributed by atoms with E-state index in [0.29, 0.717) is 19.3 Å². The van der Waals surface area contributed by atoms with Crippen molar-refractivity contribution in [1.82, 2.24) is 0 Å². The molecular weight excluding hydrogens is 829 g/mol. The lowest BCUT2D eigenvalue weighted by Crippen LogP contribution is -2.30. The van der Waals surface area contributed by atoms with E-state index in [1.165, 1.54) is 141 Å². The summed E-state index contributed by atoms with van der Waals surface area (Å²) in [5, 5.41) is 0. The van der Waals surface area contributed by atoms with Crippen molar-refractivity contribution >= 4 is 17.9 Å². The summed E-state index contributed by atoms with van der Waals surface area (Å²) in [6.45, 7) is 6.56. The molecule has 0 radical (unpaired) electrons. The van der Waals surface area contributed by atoms with Gasteiger partial charge in [-0.1, -0.05) is 216 Å². The largest absolute Gasteiger partial charge is 0.462 e. The molecule has 0 aromatic carbocycles. The molecule has 0 fully saturated rings. The summed E-state index contributed by atoms with van der Waals surface area (Å²) in [4.78, 5) is 38.1. The second-order valence-corrected chi connectivity index (χ2v) is 18.8. The second-order valence-electron chi connectivity index (χ2n) is 18.8. The van der Waals surface area contributed by atoms with Gasteiger partial charge in [0.25, 0.3) is 0 Å². The monoisotopic (exact) mass is 935 g/mol. The van der Waals surface area contributed by atoms with E-state index in [1.54, 1.807) is 0 Å². The van der Waals surface area contributed by atoms with Crippen LogP contribution in [0.2, 0.25) is 0 Å². The number of allylic oxidation sites excluding steroid dienone is 12. The molecule has 6 nitrogen and oxygen atoms in total. The van der Waals surface area contributed by atoms with Gasteiger partial charge in [-0.05, 0) is 116 Å². The van der Waals surface area contributed by atoms with Gasteiger partial charge in [-0.15, -0.1) is 0 Å². The van der Waals surface area contributed by atoms with Gasteiger partial charge in [-0.3, -0.25) is 14.4 Å². The van der Waals surface area contributed by atoms with Gasteiger partial charge in [-0.25, -0.2) is 0 Å². The predicted molar refractivity (Wildman–Crippen MR) is 288 cm³/mol. The van der Waals surface area contributed by atoms with E-state index < -0.39 is 6.10 Å². The summed E-state index contributed by atoms with van der Waals surface area (Å²) >= 11 is 0. The van der Waals surface area contributed by atoms with Crippen LogP contribution >= 0.6 is 0 Å². The first kappa shape index (κ1) is 63.8. The molecule has 0 bridgehead atoms. The number of esters is 3. The molecular formula is C61H106O6. The van der Waals surface area contributed by atoms with Crippen molar-refractivity contribution in [2.45, 2.75) is 284 Å². The highest BCUT2D eigenvalue weighted by atomic mass is 16.6. The highest BCUT2D eigenvalue weighted by Gasteiger charge is 2.19. The molecule has 0 rings (SSSR count). The Bertz CT molecular complexity index is 1260. The lowest BCUT2D eigenvalue weighted by molar-refractivity contribution is -0.167. The summed E-state index contributed by atoms with van der Waals surface area (Å²) in [6, 6.07) is 0. The van der Waals surface area contributed by atoms with Crippen molar-refractivity contribution in [3.05, 3.63) is 72.9 Å². The molecule has 0 aliphatic carbocycles. The molecule has 0 N–H and O–H groups in total. The third kappa shape index (κ3) is 53.7. The number of hydrogen-bond donors (Lipinski definition) is 0. The Morgan fingerprint density at radius 3 is 0.881 bits per heavy atom. The van der Waals surface area contributed by atoms with E-state index in [2.05, 4.69) is 93.7 Å². The van der Waals surface area contributed by atoms with Crippen molar-refractivity contribution in [3.8, 4) is 0 Å². The van der Waals surface area contributed by atoms with E-state index in [-0.39, 0.29) is 31.1 Å². The zero-order valence-electron chi connectivity index (χ0n) is 44.2. The minimum atomic E-state index is -0.790. The summed E-state index contributed by atoms with van der Waals surface area (Å²) in [7, 11) is 0. The third-order valence-electron chi connectivity index (χ3n) is 12.2. The van der Waals surface area contributed by atoms with E-state index in [4.69, 9.17) is 14.2 Å². The first-order valence-corrected chi connectivity index (χ1v) is 28.4. The highest BCUT2D eigenvalue weighted by molar-refractivity contribution is 5.71. The Labute approximate surface area is 414 Å². The highest BCUT2D eigenvalue weighted by Crippen LogP contribution is 2.15. The first-order chi connectivity index (χ1) is 33.0. The van der Waals surface area contributed by atoms with Crippen LogP contribution in [-0.2, 0) is 28.6 Å². The smallest absolute Gasteiger partial charge is 0.306 e. The normalized spacial score (nSPS) is 12.6. The van der Waals surface area contributed by atoms with Crippen LogP contribution in [0.5, 0.6) is 0 Å². The van der Waals surface area contributed by atoms with Gasteiger partial charge in [0.1, 0.15) is 13.2 Å². The summed E-state index contributed by atoms with van der Waals surface area (Å²) < 4.78 is 16.8. The molecule has 0 spiro atoms. The standard InChI is InChI=1S/C61H106O6/c1-4-7-10-13-16-19-22-25-27-29-30-32-34-37-40-43-46-49-52-55-61(64)67-58(56-65-59(62)53-50-47-44-41-38-35-24-21-18-15-12-9-6-3)57-66-60(63)54-51-48-45-42-39-36-33-31-28-26-23-20-17-14-11-8-5-2/h16-17,19-21,24-28,33,36,58H,4-15,18,22-23,29-32,34-35,37-57H2,1-3H3/b19-16-,20-17-,24-21-,27-25-,28-26-,36-33-/t58-/m0/s1. The molecule has 0 aliphatic heterocycles. The Balaban J connectivity index is 4.42. The number of hydrogen-bond acceptors (Lipinski definition) is 6. The molecule has 0 saturated carbocycles. The number of carbonyl (C=O) groups is 3. The lowest BCUT2D eigenvalue weighted by atomic mass is 10.1. The Morgan fingerprint density at radius 1 is 0.299 bits per heavy atom. The molecule has 0 aromatic heterocycles. The Kier molecular flexibility index (Phi) is 52.8. The lowest BCUT2D eigenvalue weighted by Gasteiger charge is -2.18. The number of unbranched alkanes of at least 4 members (excludes halogenated alkanes) is 28. The van der Waals surface area contributed by atoms with Crippen molar-refractivity contribution in [2.24, 2.45) is 0 Å². The SMILES string of the molecule is CCCCC/C=C\C/C=C\C/C=C\CCCCCCC(=O)OC[C@H](COC(=O)CCCCCCC/C=C\CCCCCC)OC(=O)CCCCCCCCCCC/C=C\C/C=C\CCCCC. The van der Waals surface area contributed by atoms with Crippen LogP contribution in [-0.4, -0.2) is 37.2 Å². The second kappa shape index (κ2) is 55.4. The molecule has 0 heterocycles. The van der Waals surface area contributed by atoms with Crippen molar-refractivity contribution in [3.63, 3.8) is 0 Å². The van der Waals surface area contributed by atoms with E-state index in [1.807, 2.05) is 0 Å². The molecule has 0 unspecified atom stereocenters. The fourth-order valence-corrected chi connectivity index (χ4v) is 7.83. The summed E-state index contributed by atoms with van der Waals surface area (Å²) in [6.07, 6.45) is 70.2. The van der Waals surface area contributed by atoms with Crippen LogP contribution in [0.4, 0.5) is 0 Å². The van der Waals surface area contributed by atoms with Crippen LogP contribution in [0.3, 0.4) is 0 Å². The van der Waals surface area contributed by atoms with Gasteiger partial charge < -0.3 is 14.2 Å². The molecule has 0 amide bonds. The van der Waals surface area contributed by atoms with Crippen LogP contribution in [0.25, 0.3) is 0 Å².